The molecule has 28 heavy (non-hydrogen) atoms. The summed E-state index contributed by atoms with van der Waals surface area (Å²) in [6.45, 7) is 0. The maximum atomic E-state index is 13.0. The molecule has 0 saturated heterocycles. The second kappa shape index (κ2) is 8.12. The fraction of sp³-hybridized carbons (Fsp3) is 0.0952. The smallest absolute Gasteiger partial charge is 0.428 e. The van der Waals surface area contributed by atoms with E-state index in [1.807, 2.05) is 35.2 Å². The van der Waals surface area contributed by atoms with Gasteiger partial charge in [0, 0.05) is 23.6 Å². The molecule has 1 aromatic heterocycles. The standard InChI is InChI=1S/C21H15F4NO2/c22-20(23)21(24,25)28-18-8-3-5-15(13-18)9-10-19(27)16-6-4-7-17(14-16)26-11-1-2-12-26/h1-14,20H/b10-9+. The second-order valence-electron chi connectivity index (χ2n) is 5.88. The van der Waals surface area contributed by atoms with E-state index in [0.717, 1.165) is 17.8 Å². The predicted molar refractivity (Wildman–Crippen MR) is 97.2 cm³/mol. The van der Waals surface area contributed by atoms with E-state index < -0.39 is 18.3 Å². The number of ketones is 1. The van der Waals surface area contributed by atoms with Gasteiger partial charge < -0.3 is 9.30 Å². The molecule has 0 atom stereocenters. The fourth-order valence-corrected chi connectivity index (χ4v) is 2.48. The number of benzene rings is 2. The molecule has 0 aliphatic heterocycles. The Morgan fingerprint density at radius 1 is 1.00 bits per heavy atom. The Hall–Kier alpha value is -3.35. The second-order valence-corrected chi connectivity index (χ2v) is 5.88. The molecule has 0 amide bonds. The van der Waals surface area contributed by atoms with Crippen LogP contribution in [0.5, 0.6) is 5.75 Å². The van der Waals surface area contributed by atoms with Gasteiger partial charge in [0.15, 0.2) is 5.78 Å². The zero-order valence-electron chi connectivity index (χ0n) is 14.4. The number of alkyl halides is 4. The molecule has 7 heteroatoms. The van der Waals surface area contributed by atoms with Crippen molar-refractivity contribution in [3.05, 3.63) is 90.3 Å². The van der Waals surface area contributed by atoms with Crippen molar-refractivity contribution in [3.63, 3.8) is 0 Å². The fourth-order valence-electron chi connectivity index (χ4n) is 2.48. The summed E-state index contributed by atoms with van der Waals surface area (Å²) in [5.41, 5.74) is 1.62. The third kappa shape index (κ3) is 4.68. The number of rotatable bonds is 7. The highest BCUT2D eigenvalue weighted by molar-refractivity contribution is 6.07. The number of aromatic nitrogens is 1. The van der Waals surface area contributed by atoms with Gasteiger partial charge in [-0.1, -0.05) is 30.3 Å². The molecule has 0 fully saturated rings. The van der Waals surface area contributed by atoms with E-state index >= 15 is 0 Å². The van der Waals surface area contributed by atoms with Crippen molar-refractivity contribution in [2.75, 3.05) is 0 Å². The van der Waals surface area contributed by atoms with E-state index in [1.165, 1.54) is 24.3 Å². The highest BCUT2D eigenvalue weighted by Crippen LogP contribution is 2.28. The Bertz CT molecular complexity index is 982. The van der Waals surface area contributed by atoms with E-state index in [2.05, 4.69) is 4.74 Å². The van der Waals surface area contributed by atoms with E-state index in [-0.39, 0.29) is 5.78 Å². The number of halogens is 4. The number of allylic oxidation sites excluding steroid dienone is 1. The zero-order chi connectivity index (χ0) is 20.1. The highest BCUT2D eigenvalue weighted by Gasteiger charge is 2.43. The van der Waals surface area contributed by atoms with Gasteiger partial charge >= 0.3 is 12.5 Å². The maximum absolute atomic E-state index is 13.0. The van der Waals surface area contributed by atoms with Gasteiger partial charge in [-0.15, -0.1) is 0 Å². The number of nitrogens with zero attached hydrogens (tertiary/aromatic N) is 1. The first-order valence-corrected chi connectivity index (χ1v) is 8.26. The van der Waals surface area contributed by atoms with E-state index in [4.69, 9.17) is 0 Å². The largest absolute Gasteiger partial charge is 0.461 e. The quantitative estimate of drug-likeness (QED) is 0.299. The summed E-state index contributed by atoms with van der Waals surface area (Å²) in [6, 6.07) is 15.9. The van der Waals surface area contributed by atoms with Crippen LogP contribution in [-0.4, -0.2) is 22.9 Å². The van der Waals surface area contributed by atoms with E-state index in [9.17, 15) is 22.4 Å². The molecule has 0 spiro atoms. The molecule has 0 radical (unpaired) electrons. The van der Waals surface area contributed by atoms with Gasteiger partial charge in [0.05, 0.1) is 0 Å². The number of ether oxygens (including phenoxy) is 1. The van der Waals surface area contributed by atoms with Crippen molar-refractivity contribution in [1.29, 1.82) is 0 Å². The van der Waals surface area contributed by atoms with Crippen LogP contribution in [-0.2, 0) is 0 Å². The van der Waals surface area contributed by atoms with Crippen LogP contribution in [0.3, 0.4) is 0 Å². The van der Waals surface area contributed by atoms with E-state index in [0.29, 0.717) is 11.1 Å². The van der Waals surface area contributed by atoms with Crippen LogP contribution in [0.2, 0.25) is 0 Å². The molecule has 3 aromatic rings. The molecule has 0 N–H and O–H groups in total. The minimum Gasteiger partial charge on any atom is -0.428 e. The van der Waals surface area contributed by atoms with Crippen LogP contribution >= 0.6 is 0 Å². The van der Waals surface area contributed by atoms with Crippen molar-refractivity contribution < 1.29 is 27.1 Å². The summed E-state index contributed by atoms with van der Waals surface area (Å²) in [6.07, 6.45) is -2.16. The third-order valence-corrected chi connectivity index (χ3v) is 3.83. The SMILES string of the molecule is O=C(/C=C/c1cccc(OC(F)(F)C(F)F)c1)c1cccc(-n2cccc2)c1. The van der Waals surface area contributed by atoms with Crippen LogP contribution in [0.4, 0.5) is 17.6 Å². The van der Waals surface area contributed by atoms with E-state index in [1.54, 1.807) is 18.2 Å². The van der Waals surface area contributed by atoms with Crippen LogP contribution in [0, 0.1) is 0 Å². The van der Waals surface area contributed by atoms with Crippen molar-refractivity contribution in [2.45, 2.75) is 12.5 Å². The van der Waals surface area contributed by atoms with Crippen molar-refractivity contribution in [2.24, 2.45) is 0 Å². The first kappa shape index (κ1) is 19.4. The zero-order valence-corrected chi connectivity index (χ0v) is 14.4. The minimum absolute atomic E-state index is 0.293. The summed E-state index contributed by atoms with van der Waals surface area (Å²) >= 11 is 0. The lowest BCUT2D eigenvalue weighted by molar-refractivity contribution is -0.253. The van der Waals surface area contributed by atoms with Crippen molar-refractivity contribution in [3.8, 4) is 11.4 Å². The Kier molecular flexibility index (Phi) is 5.63. The molecule has 144 valence electrons. The Morgan fingerprint density at radius 3 is 2.43 bits per heavy atom. The molecule has 2 aromatic carbocycles. The Morgan fingerprint density at radius 2 is 1.71 bits per heavy atom. The minimum atomic E-state index is -4.59. The van der Waals surface area contributed by atoms with Crippen LogP contribution < -0.4 is 4.74 Å². The number of carbonyl (C=O) groups is 1. The predicted octanol–water partition coefficient (Wildman–Crippen LogP) is 5.61. The molecule has 0 unspecified atom stereocenters. The highest BCUT2D eigenvalue weighted by atomic mass is 19.3. The monoisotopic (exact) mass is 389 g/mol. The number of hydrogen-bond acceptors (Lipinski definition) is 2. The molecule has 0 aliphatic rings. The molecular weight excluding hydrogens is 374 g/mol. The molecule has 0 bridgehead atoms. The van der Waals surface area contributed by atoms with Crippen molar-refractivity contribution >= 4 is 11.9 Å². The first-order valence-electron chi connectivity index (χ1n) is 8.26. The average Bonchev–Trinajstić information content (AvgIpc) is 3.21. The number of carbonyl (C=O) groups excluding carboxylic acids is 1. The Balaban J connectivity index is 1.74. The van der Waals surface area contributed by atoms with Crippen LogP contribution in [0.25, 0.3) is 11.8 Å². The topological polar surface area (TPSA) is 31.2 Å². The summed E-state index contributed by atoms with van der Waals surface area (Å²) < 4.78 is 56.4. The summed E-state index contributed by atoms with van der Waals surface area (Å²) in [5.74, 6) is -0.715. The van der Waals surface area contributed by atoms with Gasteiger partial charge in [-0.3, -0.25) is 4.79 Å². The lowest BCUT2D eigenvalue weighted by Gasteiger charge is -2.16. The van der Waals surface area contributed by atoms with Gasteiger partial charge in [0.2, 0.25) is 0 Å². The lowest BCUT2D eigenvalue weighted by Crippen LogP contribution is -2.33. The lowest BCUT2D eigenvalue weighted by atomic mass is 10.1. The van der Waals surface area contributed by atoms with Gasteiger partial charge in [0.25, 0.3) is 0 Å². The third-order valence-electron chi connectivity index (χ3n) is 3.83. The first-order chi connectivity index (χ1) is 13.3. The molecular formula is C21H15F4NO2. The summed E-state index contributed by atoms with van der Waals surface area (Å²) in [5, 5.41) is 0. The van der Waals surface area contributed by atoms with Gasteiger partial charge in [-0.05, 0) is 48.0 Å². The summed E-state index contributed by atoms with van der Waals surface area (Å²) in [4.78, 5) is 12.4. The molecule has 3 nitrogen and oxygen atoms in total. The molecule has 0 saturated carbocycles. The van der Waals surface area contributed by atoms with Gasteiger partial charge in [-0.2, -0.15) is 17.6 Å². The van der Waals surface area contributed by atoms with Crippen molar-refractivity contribution in [1.82, 2.24) is 4.57 Å². The normalized spacial score (nSPS) is 11.9. The Labute approximate surface area is 158 Å². The van der Waals surface area contributed by atoms with Crippen LogP contribution in [0.15, 0.2) is 79.1 Å². The average molecular weight is 389 g/mol. The van der Waals surface area contributed by atoms with Gasteiger partial charge in [0.1, 0.15) is 5.75 Å². The maximum Gasteiger partial charge on any atom is 0.461 e. The molecule has 0 aliphatic carbocycles. The number of hydrogen-bond donors (Lipinski definition) is 0. The van der Waals surface area contributed by atoms with Crippen LogP contribution in [0.1, 0.15) is 15.9 Å². The summed E-state index contributed by atoms with van der Waals surface area (Å²) in [7, 11) is 0. The molecule has 3 rings (SSSR count). The molecule has 1 heterocycles. The van der Waals surface area contributed by atoms with Gasteiger partial charge in [-0.25, -0.2) is 0 Å².